The highest BCUT2D eigenvalue weighted by molar-refractivity contribution is 5.81. The summed E-state index contributed by atoms with van der Waals surface area (Å²) in [6.07, 6.45) is 10.4. The quantitative estimate of drug-likeness (QED) is 0.726. The molecule has 0 aromatic rings. The van der Waals surface area contributed by atoms with Gasteiger partial charge in [0.15, 0.2) is 0 Å². The summed E-state index contributed by atoms with van der Waals surface area (Å²) in [4.78, 5) is 11.8. The number of aliphatic hydroxyl groups excluding tert-OH is 1. The highest BCUT2D eigenvalue weighted by atomic mass is 16.3. The lowest BCUT2D eigenvalue weighted by Gasteiger charge is -2.52. The summed E-state index contributed by atoms with van der Waals surface area (Å²) < 4.78 is 0. The van der Waals surface area contributed by atoms with Gasteiger partial charge in [-0.3, -0.25) is 4.79 Å². The molecule has 0 aliphatic heterocycles. The van der Waals surface area contributed by atoms with E-state index in [-0.39, 0.29) is 6.10 Å². The fraction of sp³-hybridized carbons (Fsp3) is 0.947. The second-order valence-electron chi connectivity index (χ2n) is 7.74. The van der Waals surface area contributed by atoms with Gasteiger partial charge in [-0.1, -0.05) is 13.8 Å². The lowest BCUT2D eigenvalue weighted by molar-refractivity contribution is -0.117. The maximum atomic E-state index is 11.8. The number of carbonyl (C=O) groups excluding carboxylic acids is 1. The van der Waals surface area contributed by atoms with E-state index in [1.54, 1.807) is 0 Å². The molecule has 0 bridgehead atoms. The molecule has 4 aliphatic carbocycles. The van der Waals surface area contributed by atoms with Gasteiger partial charge in [0.2, 0.25) is 0 Å². The van der Waals surface area contributed by atoms with Gasteiger partial charge in [0, 0.05) is 12.8 Å². The van der Waals surface area contributed by atoms with Gasteiger partial charge in [-0.25, -0.2) is 0 Å². The van der Waals surface area contributed by atoms with Gasteiger partial charge in [-0.2, -0.15) is 0 Å². The zero-order valence-corrected chi connectivity index (χ0v) is 13.8. The van der Waals surface area contributed by atoms with Crippen molar-refractivity contribution in [3.05, 3.63) is 0 Å². The van der Waals surface area contributed by atoms with Crippen molar-refractivity contribution in [3.63, 3.8) is 0 Å². The fourth-order valence-electron chi connectivity index (χ4n) is 6.24. The van der Waals surface area contributed by atoms with Crippen LogP contribution in [0.2, 0.25) is 0 Å². The zero-order chi connectivity index (χ0) is 15.0. The van der Waals surface area contributed by atoms with E-state index in [2.05, 4.69) is 0 Å². The van der Waals surface area contributed by atoms with Crippen LogP contribution in [0.3, 0.4) is 0 Å². The normalized spacial score (nSPS) is 48.5. The first kappa shape index (κ1) is 15.5. The first-order valence-corrected chi connectivity index (χ1v) is 9.42. The van der Waals surface area contributed by atoms with E-state index in [1.807, 2.05) is 13.8 Å². The van der Waals surface area contributed by atoms with Crippen LogP contribution in [0, 0.1) is 35.5 Å². The SMILES string of the molecule is CC.O=C1CC2CCC3C4CC[C@H](O)CC4CCC3[C@H]2C1. The van der Waals surface area contributed by atoms with Gasteiger partial charge >= 0.3 is 0 Å². The second-order valence-corrected chi connectivity index (χ2v) is 7.74. The van der Waals surface area contributed by atoms with Crippen molar-refractivity contribution in [2.45, 2.75) is 77.7 Å². The van der Waals surface area contributed by atoms with Crippen molar-refractivity contribution >= 4 is 5.78 Å². The van der Waals surface area contributed by atoms with Crippen LogP contribution >= 0.6 is 0 Å². The number of hydrogen-bond acceptors (Lipinski definition) is 2. The molecular formula is C19H32O2. The highest BCUT2D eigenvalue weighted by Crippen LogP contribution is 2.57. The largest absolute Gasteiger partial charge is 0.393 e. The van der Waals surface area contributed by atoms with Gasteiger partial charge in [-0.15, -0.1) is 0 Å². The number of aliphatic hydroxyl groups is 1. The number of carbonyl (C=O) groups is 1. The maximum Gasteiger partial charge on any atom is 0.133 e. The van der Waals surface area contributed by atoms with Crippen molar-refractivity contribution < 1.29 is 9.90 Å². The number of fused-ring (bicyclic) bond motifs is 5. The molecule has 120 valence electrons. The summed E-state index contributed by atoms with van der Waals surface area (Å²) in [7, 11) is 0. The van der Waals surface area contributed by atoms with Crippen molar-refractivity contribution in [1.29, 1.82) is 0 Å². The van der Waals surface area contributed by atoms with Crippen molar-refractivity contribution in [2.75, 3.05) is 0 Å². The summed E-state index contributed by atoms with van der Waals surface area (Å²) in [6.45, 7) is 4.00. The Morgan fingerprint density at radius 1 is 0.762 bits per heavy atom. The van der Waals surface area contributed by atoms with E-state index >= 15 is 0 Å². The minimum Gasteiger partial charge on any atom is -0.393 e. The average molecular weight is 292 g/mol. The van der Waals surface area contributed by atoms with Crippen LogP contribution in [0.15, 0.2) is 0 Å². The molecule has 2 nitrogen and oxygen atoms in total. The van der Waals surface area contributed by atoms with E-state index < -0.39 is 0 Å². The number of rotatable bonds is 0. The molecule has 7 atom stereocenters. The van der Waals surface area contributed by atoms with Crippen LogP contribution in [0.1, 0.15) is 71.6 Å². The molecule has 4 fully saturated rings. The molecule has 21 heavy (non-hydrogen) atoms. The summed E-state index contributed by atoms with van der Waals surface area (Å²) >= 11 is 0. The molecular weight excluding hydrogens is 260 g/mol. The van der Waals surface area contributed by atoms with Gasteiger partial charge in [0.05, 0.1) is 6.10 Å². The predicted octanol–water partition coefficient (Wildman–Crippen LogP) is 4.21. The van der Waals surface area contributed by atoms with E-state index in [0.29, 0.717) is 5.78 Å². The van der Waals surface area contributed by atoms with E-state index in [4.69, 9.17) is 0 Å². The van der Waals surface area contributed by atoms with Crippen LogP contribution in [-0.4, -0.2) is 17.0 Å². The van der Waals surface area contributed by atoms with E-state index in [0.717, 1.165) is 61.2 Å². The highest BCUT2D eigenvalue weighted by Gasteiger charge is 2.50. The Bertz CT molecular complexity index is 378. The topological polar surface area (TPSA) is 37.3 Å². The van der Waals surface area contributed by atoms with Crippen LogP contribution in [0.25, 0.3) is 0 Å². The minimum absolute atomic E-state index is 0.0257. The monoisotopic (exact) mass is 292 g/mol. The lowest BCUT2D eigenvalue weighted by atomic mass is 9.53. The molecule has 0 spiro atoms. The first-order chi connectivity index (χ1) is 10.2. The maximum absolute atomic E-state index is 11.8. The number of hydrogen-bond donors (Lipinski definition) is 1. The summed E-state index contributed by atoms with van der Waals surface area (Å²) in [5.41, 5.74) is 0. The van der Waals surface area contributed by atoms with Gasteiger partial charge < -0.3 is 5.11 Å². The third kappa shape index (κ3) is 2.81. The molecule has 4 saturated carbocycles. The van der Waals surface area contributed by atoms with Gasteiger partial charge in [0.25, 0.3) is 0 Å². The molecule has 5 unspecified atom stereocenters. The molecule has 0 aromatic heterocycles. The molecule has 4 rings (SSSR count). The Morgan fingerprint density at radius 3 is 2.14 bits per heavy atom. The fourth-order valence-corrected chi connectivity index (χ4v) is 6.24. The van der Waals surface area contributed by atoms with Gasteiger partial charge in [-0.05, 0) is 80.5 Å². The molecule has 1 N–H and O–H groups in total. The summed E-state index contributed by atoms with van der Waals surface area (Å²) in [6, 6.07) is 0. The van der Waals surface area contributed by atoms with Crippen LogP contribution in [0.5, 0.6) is 0 Å². The Labute approximate surface area is 129 Å². The number of ketones is 1. The summed E-state index contributed by atoms with van der Waals surface area (Å²) in [5, 5.41) is 9.88. The Kier molecular flexibility index (Phi) is 4.73. The Morgan fingerprint density at radius 2 is 1.38 bits per heavy atom. The molecule has 0 amide bonds. The number of Topliss-reactive ketones (excluding diaryl/α,β-unsaturated/α-hetero) is 1. The smallest absolute Gasteiger partial charge is 0.133 e. The molecule has 0 saturated heterocycles. The molecule has 2 heteroatoms. The van der Waals surface area contributed by atoms with Crippen LogP contribution in [-0.2, 0) is 4.79 Å². The van der Waals surface area contributed by atoms with Crippen molar-refractivity contribution in [3.8, 4) is 0 Å². The zero-order valence-electron chi connectivity index (χ0n) is 13.8. The molecule has 0 heterocycles. The third-order valence-corrected chi connectivity index (χ3v) is 6.96. The van der Waals surface area contributed by atoms with Gasteiger partial charge in [0.1, 0.15) is 5.78 Å². The van der Waals surface area contributed by atoms with E-state index in [1.165, 1.54) is 32.1 Å². The molecule has 4 aliphatic rings. The molecule has 0 radical (unpaired) electrons. The Balaban J connectivity index is 0.000000636. The molecule has 0 aromatic carbocycles. The van der Waals surface area contributed by atoms with E-state index in [9.17, 15) is 9.90 Å². The lowest BCUT2D eigenvalue weighted by Crippen LogP contribution is -2.45. The second kappa shape index (κ2) is 6.40. The third-order valence-electron chi connectivity index (χ3n) is 6.96. The standard InChI is InChI=1S/C17H26O2.C2H6/c18-12-3-6-14-10(7-12)1-5-16-15(14)4-2-11-8-13(19)9-17(11)16;1-2/h10-12,14-18H,1-9H2;1-2H3/t10?,11?,12-,14?,15?,16?,17-;/m0./s1. The van der Waals surface area contributed by atoms with Crippen molar-refractivity contribution in [2.24, 2.45) is 35.5 Å². The first-order valence-electron chi connectivity index (χ1n) is 9.42. The van der Waals surface area contributed by atoms with Crippen LogP contribution in [0.4, 0.5) is 0 Å². The summed E-state index contributed by atoms with van der Waals surface area (Å²) in [5.74, 6) is 5.41. The van der Waals surface area contributed by atoms with Crippen molar-refractivity contribution in [1.82, 2.24) is 0 Å². The average Bonchev–Trinajstić information content (AvgIpc) is 2.89. The van der Waals surface area contributed by atoms with Crippen LogP contribution < -0.4 is 0 Å². The predicted molar refractivity (Wildman–Crippen MR) is 84.9 cm³/mol. The Hall–Kier alpha value is -0.370. The minimum atomic E-state index is -0.0257.